The Hall–Kier alpha value is -2.48. The first-order valence-corrected chi connectivity index (χ1v) is 5.51. The normalized spacial score (nSPS) is 10.9. The van der Waals surface area contributed by atoms with Crippen LogP contribution in [-0.2, 0) is 6.18 Å². The van der Waals surface area contributed by atoms with Crippen molar-refractivity contribution in [3.63, 3.8) is 0 Å². The van der Waals surface area contributed by atoms with Crippen molar-refractivity contribution in [1.29, 1.82) is 0 Å². The Kier molecular flexibility index (Phi) is 3.66. The maximum absolute atomic E-state index is 12.8. The van der Waals surface area contributed by atoms with Gasteiger partial charge in [-0.05, 0) is 42.5 Å². The molecule has 0 N–H and O–H groups in total. The van der Waals surface area contributed by atoms with Crippen LogP contribution in [0.2, 0.25) is 0 Å². The average molecular weight is 280 g/mol. The first kappa shape index (κ1) is 13.9. The molecular weight excluding hydrogens is 272 g/mol. The van der Waals surface area contributed by atoms with Crippen LogP contribution in [0.15, 0.2) is 42.5 Å². The fraction of sp³-hybridized carbons (Fsp3) is 0.0667. The van der Waals surface area contributed by atoms with E-state index in [-0.39, 0.29) is 17.1 Å². The Balaban J connectivity index is 2.39. The summed E-state index contributed by atoms with van der Waals surface area (Å²) in [7, 11) is 0. The third-order valence-corrected chi connectivity index (χ3v) is 2.51. The highest BCUT2D eigenvalue weighted by Gasteiger charge is 2.31. The summed E-state index contributed by atoms with van der Waals surface area (Å²) in [5, 5.41) is 0. The largest absolute Gasteiger partial charge is 0.456 e. The zero-order chi connectivity index (χ0) is 14.8. The molecule has 0 amide bonds. The van der Waals surface area contributed by atoms with Gasteiger partial charge in [-0.2, -0.15) is 13.2 Å². The van der Waals surface area contributed by atoms with Crippen LogP contribution in [0.1, 0.15) is 11.1 Å². The number of benzene rings is 2. The van der Waals surface area contributed by atoms with Gasteiger partial charge in [0.15, 0.2) is 0 Å². The minimum atomic E-state index is -4.49. The molecular formula is C15H8F4O. The van der Waals surface area contributed by atoms with Gasteiger partial charge >= 0.3 is 6.18 Å². The van der Waals surface area contributed by atoms with Gasteiger partial charge in [0.2, 0.25) is 0 Å². The van der Waals surface area contributed by atoms with Crippen LogP contribution in [0.5, 0.6) is 11.5 Å². The molecule has 2 aromatic rings. The SMILES string of the molecule is C#Cc1ccc(C(F)(F)F)cc1Oc1ccc(F)cc1. The van der Waals surface area contributed by atoms with Gasteiger partial charge in [-0.15, -0.1) is 6.42 Å². The van der Waals surface area contributed by atoms with Crippen LogP contribution in [0.4, 0.5) is 17.6 Å². The Bertz CT molecular complexity index is 651. The monoisotopic (exact) mass is 280 g/mol. The second-order valence-electron chi connectivity index (χ2n) is 3.91. The Morgan fingerprint density at radius 2 is 1.65 bits per heavy atom. The Morgan fingerprint density at radius 1 is 1.00 bits per heavy atom. The number of halogens is 4. The Labute approximate surface area is 112 Å². The van der Waals surface area contributed by atoms with Crippen LogP contribution >= 0.6 is 0 Å². The molecule has 0 heterocycles. The van der Waals surface area contributed by atoms with E-state index in [2.05, 4.69) is 5.92 Å². The zero-order valence-corrected chi connectivity index (χ0v) is 10.0. The summed E-state index contributed by atoms with van der Waals surface area (Å²) in [5.41, 5.74) is -0.684. The molecule has 2 rings (SSSR count). The van der Waals surface area contributed by atoms with E-state index in [1.165, 1.54) is 12.1 Å². The molecule has 0 aliphatic rings. The van der Waals surface area contributed by atoms with Crippen molar-refractivity contribution < 1.29 is 22.3 Å². The van der Waals surface area contributed by atoms with E-state index in [1.54, 1.807) is 0 Å². The summed E-state index contributed by atoms with van der Waals surface area (Å²) in [6, 6.07) is 7.73. The molecule has 102 valence electrons. The van der Waals surface area contributed by atoms with Gasteiger partial charge in [-0.3, -0.25) is 0 Å². The van der Waals surface area contributed by atoms with E-state index in [0.717, 1.165) is 30.3 Å². The summed E-state index contributed by atoms with van der Waals surface area (Å²) < 4.78 is 56.0. The molecule has 20 heavy (non-hydrogen) atoms. The van der Waals surface area contributed by atoms with Gasteiger partial charge in [0.05, 0.1) is 11.1 Å². The van der Waals surface area contributed by atoms with Gasteiger partial charge in [0.25, 0.3) is 0 Å². The predicted molar refractivity (Wildman–Crippen MR) is 65.9 cm³/mol. The third-order valence-electron chi connectivity index (χ3n) is 2.51. The predicted octanol–water partition coefficient (Wildman–Crippen LogP) is 4.62. The smallest absolute Gasteiger partial charge is 0.416 e. The molecule has 5 heteroatoms. The molecule has 2 aromatic carbocycles. The highest BCUT2D eigenvalue weighted by atomic mass is 19.4. The van der Waals surface area contributed by atoms with Crippen LogP contribution in [-0.4, -0.2) is 0 Å². The average Bonchev–Trinajstić information content (AvgIpc) is 2.40. The molecule has 0 spiro atoms. The van der Waals surface area contributed by atoms with Crippen molar-refractivity contribution in [3.8, 4) is 23.8 Å². The van der Waals surface area contributed by atoms with Gasteiger partial charge in [0, 0.05) is 0 Å². The van der Waals surface area contributed by atoms with Crippen molar-refractivity contribution in [2.24, 2.45) is 0 Å². The van der Waals surface area contributed by atoms with Crippen molar-refractivity contribution in [2.75, 3.05) is 0 Å². The molecule has 1 nitrogen and oxygen atoms in total. The second-order valence-corrected chi connectivity index (χ2v) is 3.91. The Morgan fingerprint density at radius 3 is 2.20 bits per heavy atom. The summed E-state index contributed by atoms with van der Waals surface area (Å²) >= 11 is 0. The third kappa shape index (κ3) is 3.09. The van der Waals surface area contributed by atoms with Crippen molar-refractivity contribution in [2.45, 2.75) is 6.18 Å². The van der Waals surface area contributed by atoms with Gasteiger partial charge in [0.1, 0.15) is 17.3 Å². The van der Waals surface area contributed by atoms with Crippen LogP contribution in [0, 0.1) is 18.2 Å². The summed E-state index contributed by atoms with van der Waals surface area (Å²) in [6.07, 6.45) is 0.724. The second kappa shape index (κ2) is 5.25. The standard InChI is InChI=1S/C15H8F4O/c1-2-10-3-4-11(15(17,18)19)9-14(10)20-13-7-5-12(16)6-8-13/h1,3-9H. The minimum Gasteiger partial charge on any atom is -0.456 e. The number of terminal acetylenes is 1. The first-order valence-electron chi connectivity index (χ1n) is 5.51. The molecule has 0 fully saturated rings. The van der Waals surface area contributed by atoms with Crippen LogP contribution in [0.3, 0.4) is 0 Å². The summed E-state index contributed by atoms with van der Waals surface area (Å²) in [6.45, 7) is 0. The van der Waals surface area contributed by atoms with Gasteiger partial charge in [-0.25, -0.2) is 4.39 Å². The van der Waals surface area contributed by atoms with Gasteiger partial charge in [-0.1, -0.05) is 5.92 Å². The topological polar surface area (TPSA) is 9.23 Å². The lowest BCUT2D eigenvalue weighted by Gasteiger charge is -2.12. The molecule has 0 saturated carbocycles. The molecule has 0 aromatic heterocycles. The molecule has 0 aliphatic heterocycles. The van der Waals surface area contributed by atoms with Crippen LogP contribution < -0.4 is 4.74 Å². The number of rotatable bonds is 2. The van der Waals surface area contributed by atoms with E-state index in [0.29, 0.717) is 0 Å². The van der Waals surface area contributed by atoms with Crippen molar-refractivity contribution >= 4 is 0 Å². The van der Waals surface area contributed by atoms with Crippen LogP contribution in [0.25, 0.3) is 0 Å². The molecule has 0 atom stereocenters. The maximum Gasteiger partial charge on any atom is 0.416 e. The number of alkyl halides is 3. The maximum atomic E-state index is 12.8. The minimum absolute atomic E-state index is 0.103. The lowest BCUT2D eigenvalue weighted by molar-refractivity contribution is -0.137. The molecule has 0 saturated heterocycles. The molecule has 0 aliphatic carbocycles. The summed E-state index contributed by atoms with van der Waals surface area (Å²) in [4.78, 5) is 0. The van der Waals surface area contributed by atoms with Crippen molar-refractivity contribution in [1.82, 2.24) is 0 Å². The number of hydrogen-bond donors (Lipinski definition) is 0. The molecule has 0 bridgehead atoms. The highest BCUT2D eigenvalue weighted by molar-refractivity contribution is 5.49. The van der Waals surface area contributed by atoms with Crippen molar-refractivity contribution in [3.05, 3.63) is 59.4 Å². The van der Waals surface area contributed by atoms with E-state index in [9.17, 15) is 17.6 Å². The lowest BCUT2D eigenvalue weighted by atomic mass is 10.1. The quantitative estimate of drug-likeness (QED) is 0.576. The van der Waals surface area contributed by atoms with E-state index in [1.807, 2.05) is 0 Å². The van der Waals surface area contributed by atoms with E-state index >= 15 is 0 Å². The van der Waals surface area contributed by atoms with E-state index in [4.69, 9.17) is 11.2 Å². The number of hydrogen-bond acceptors (Lipinski definition) is 1. The fourth-order valence-electron chi connectivity index (χ4n) is 1.53. The zero-order valence-electron chi connectivity index (χ0n) is 10.0. The van der Waals surface area contributed by atoms with Gasteiger partial charge < -0.3 is 4.74 Å². The van der Waals surface area contributed by atoms with E-state index < -0.39 is 17.6 Å². The number of ether oxygens (including phenoxy) is 1. The molecule has 0 radical (unpaired) electrons. The molecule has 0 unspecified atom stereocenters. The first-order chi connectivity index (χ1) is 9.40. The lowest BCUT2D eigenvalue weighted by Crippen LogP contribution is -2.05. The fourth-order valence-corrected chi connectivity index (χ4v) is 1.53. The summed E-state index contributed by atoms with van der Waals surface area (Å²) in [5.74, 6) is 1.86. The highest BCUT2D eigenvalue weighted by Crippen LogP contribution is 2.34.